The number of hydrogen-bond donors (Lipinski definition) is 1. The highest BCUT2D eigenvalue weighted by molar-refractivity contribution is 6.02. The molecule has 21 heavy (non-hydrogen) atoms. The second kappa shape index (κ2) is 8.06. The van der Waals surface area contributed by atoms with Crippen molar-refractivity contribution >= 4 is 5.71 Å². The summed E-state index contributed by atoms with van der Waals surface area (Å²) in [6.45, 7) is 5.26. The van der Waals surface area contributed by atoms with Crippen molar-refractivity contribution < 1.29 is 9.94 Å². The van der Waals surface area contributed by atoms with Gasteiger partial charge in [0.25, 0.3) is 0 Å². The number of ether oxygens (including phenoxy) is 1. The van der Waals surface area contributed by atoms with E-state index in [0.717, 1.165) is 42.9 Å². The Morgan fingerprint density at radius 2 is 2.14 bits per heavy atom. The summed E-state index contributed by atoms with van der Waals surface area (Å²) in [4.78, 5) is 0. The summed E-state index contributed by atoms with van der Waals surface area (Å²) >= 11 is 0. The summed E-state index contributed by atoms with van der Waals surface area (Å²) < 4.78 is 6.11. The van der Waals surface area contributed by atoms with Crippen LogP contribution in [0, 0.1) is 5.92 Å². The van der Waals surface area contributed by atoms with E-state index in [2.05, 4.69) is 19.0 Å². The van der Waals surface area contributed by atoms with Gasteiger partial charge < -0.3 is 9.94 Å². The lowest BCUT2D eigenvalue weighted by Gasteiger charge is -2.22. The number of rotatable bonds is 7. The van der Waals surface area contributed by atoms with E-state index in [-0.39, 0.29) is 0 Å². The van der Waals surface area contributed by atoms with Gasteiger partial charge in [-0.2, -0.15) is 0 Å². The van der Waals surface area contributed by atoms with Gasteiger partial charge >= 0.3 is 0 Å². The predicted molar refractivity (Wildman–Crippen MR) is 86.5 cm³/mol. The summed E-state index contributed by atoms with van der Waals surface area (Å²) in [5.41, 5.74) is 3.06. The molecule has 3 nitrogen and oxygen atoms in total. The molecule has 0 radical (unpaired) electrons. The fraction of sp³-hybridized carbons (Fsp3) is 0.611. The number of unbranched alkanes of at least 4 members (excludes halogenated alkanes) is 1. The van der Waals surface area contributed by atoms with Crippen molar-refractivity contribution in [2.45, 2.75) is 58.8 Å². The van der Waals surface area contributed by atoms with E-state index in [9.17, 15) is 0 Å². The van der Waals surface area contributed by atoms with E-state index >= 15 is 0 Å². The first kappa shape index (κ1) is 15.9. The largest absolute Gasteiger partial charge is 0.493 e. The number of hydrogen-bond acceptors (Lipinski definition) is 3. The first-order chi connectivity index (χ1) is 10.3. The quantitative estimate of drug-likeness (QED) is 0.579. The molecule has 0 spiro atoms. The van der Waals surface area contributed by atoms with Crippen LogP contribution in [-0.4, -0.2) is 17.5 Å². The van der Waals surface area contributed by atoms with E-state index in [1.807, 2.05) is 18.2 Å². The Balaban J connectivity index is 2.07. The third-order valence-corrected chi connectivity index (χ3v) is 4.42. The van der Waals surface area contributed by atoms with Gasteiger partial charge in [0.1, 0.15) is 5.75 Å². The molecule has 0 aliphatic heterocycles. The smallest absolute Gasteiger partial charge is 0.123 e. The van der Waals surface area contributed by atoms with Crippen molar-refractivity contribution in [1.82, 2.24) is 0 Å². The summed E-state index contributed by atoms with van der Waals surface area (Å²) in [5.74, 6) is 1.61. The zero-order valence-electron chi connectivity index (χ0n) is 13.3. The molecule has 1 aliphatic rings. The first-order valence-electron chi connectivity index (χ1n) is 8.26. The van der Waals surface area contributed by atoms with E-state index < -0.39 is 0 Å². The van der Waals surface area contributed by atoms with Gasteiger partial charge in [0.2, 0.25) is 0 Å². The van der Waals surface area contributed by atoms with Crippen LogP contribution >= 0.6 is 0 Å². The molecule has 0 bridgehead atoms. The van der Waals surface area contributed by atoms with E-state index in [4.69, 9.17) is 9.94 Å². The van der Waals surface area contributed by atoms with E-state index in [0.29, 0.717) is 5.92 Å². The lowest BCUT2D eigenvalue weighted by Crippen LogP contribution is -2.16. The molecule has 0 saturated carbocycles. The summed E-state index contributed by atoms with van der Waals surface area (Å²) in [7, 11) is 0. The number of benzene rings is 1. The topological polar surface area (TPSA) is 41.8 Å². The summed E-state index contributed by atoms with van der Waals surface area (Å²) in [5, 5.41) is 12.6. The highest BCUT2D eigenvalue weighted by atomic mass is 16.5. The second-order valence-electron chi connectivity index (χ2n) is 5.91. The Labute approximate surface area is 128 Å². The van der Waals surface area contributed by atoms with Crippen molar-refractivity contribution in [2.75, 3.05) is 6.61 Å². The molecule has 0 amide bonds. The third-order valence-electron chi connectivity index (χ3n) is 4.42. The van der Waals surface area contributed by atoms with Gasteiger partial charge in [-0.3, -0.25) is 0 Å². The van der Waals surface area contributed by atoms with Gasteiger partial charge in [-0.15, -0.1) is 0 Å². The Morgan fingerprint density at radius 1 is 1.29 bits per heavy atom. The first-order valence-corrected chi connectivity index (χ1v) is 8.26. The van der Waals surface area contributed by atoms with Crippen LogP contribution in [0.5, 0.6) is 5.75 Å². The van der Waals surface area contributed by atoms with Crippen molar-refractivity contribution in [2.24, 2.45) is 11.1 Å². The molecule has 116 valence electrons. The Hall–Kier alpha value is -1.51. The highest BCUT2D eigenvalue weighted by Crippen LogP contribution is 2.30. The molecule has 0 saturated heterocycles. The summed E-state index contributed by atoms with van der Waals surface area (Å²) in [6, 6.07) is 6.08. The lowest BCUT2D eigenvalue weighted by molar-refractivity contribution is 0.231. The molecular formula is C18H27NO2. The molecule has 1 aromatic rings. The molecule has 1 aliphatic carbocycles. The zero-order chi connectivity index (χ0) is 15.1. The molecular weight excluding hydrogens is 262 g/mol. The van der Waals surface area contributed by atoms with Gasteiger partial charge in [-0.25, -0.2) is 0 Å². The van der Waals surface area contributed by atoms with Gasteiger partial charge in [-0.1, -0.05) is 50.4 Å². The predicted octanol–water partition coefficient (Wildman–Crippen LogP) is 4.80. The van der Waals surface area contributed by atoms with E-state index in [1.54, 1.807) is 0 Å². The standard InChI is InChI=1S/C18H27NO2/c1-3-5-8-14(4-2)13-21-18-12-7-9-15-16(18)10-6-11-17(15)19-20/h7,9,12,14,20H,3-6,8,10-11,13H2,1-2H3. The van der Waals surface area contributed by atoms with Crippen LogP contribution in [-0.2, 0) is 6.42 Å². The van der Waals surface area contributed by atoms with E-state index in [1.165, 1.54) is 31.2 Å². The Kier molecular flexibility index (Phi) is 6.09. The molecule has 1 unspecified atom stereocenters. The highest BCUT2D eigenvalue weighted by Gasteiger charge is 2.20. The SMILES string of the molecule is CCCCC(CC)COc1cccc2c1CCCC2=NO. The van der Waals surface area contributed by atoms with Gasteiger partial charge in [0, 0.05) is 11.1 Å². The minimum Gasteiger partial charge on any atom is -0.493 e. The van der Waals surface area contributed by atoms with Crippen LogP contribution in [0.15, 0.2) is 23.4 Å². The summed E-state index contributed by atoms with van der Waals surface area (Å²) in [6.07, 6.45) is 7.81. The second-order valence-corrected chi connectivity index (χ2v) is 5.91. The van der Waals surface area contributed by atoms with Gasteiger partial charge in [0.05, 0.1) is 12.3 Å². The molecule has 2 rings (SSSR count). The molecule has 1 N–H and O–H groups in total. The minimum atomic E-state index is 0.635. The zero-order valence-corrected chi connectivity index (χ0v) is 13.3. The van der Waals surface area contributed by atoms with Crippen LogP contribution in [0.3, 0.4) is 0 Å². The average Bonchev–Trinajstić information content (AvgIpc) is 2.54. The minimum absolute atomic E-state index is 0.635. The average molecular weight is 289 g/mol. The fourth-order valence-electron chi connectivity index (χ4n) is 3.01. The van der Waals surface area contributed by atoms with Crippen LogP contribution in [0.25, 0.3) is 0 Å². The van der Waals surface area contributed by atoms with Gasteiger partial charge in [0.15, 0.2) is 0 Å². The van der Waals surface area contributed by atoms with Crippen molar-refractivity contribution in [3.63, 3.8) is 0 Å². The van der Waals surface area contributed by atoms with Crippen LogP contribution < -0.4 is 4.74 Å². The number of nitrogens with zero attached hydrogens (tertiary/aromatic N) is 1. The molecule has 0 aromatic heterocycles. The monoisotopic (exact) mass is 289 g/mol. The maximum Gasteiger partial charge on any atom is 0.123 e. The molecule has 1 atom stereocenters. The van der Waals surface area contributed by atoms with Crippen molar-refractivity contribution in [1.29, 1.82) is 0 Å². The Bertz CT molecular complexity index is 482. The maximum atomic E-state index is 9.13. The van der Waals surface area contributed by atoms with Crippen LogP contribution in [0.1, 0.15) is 63.5 Å². The lowest BCUT2D eigenvalue weighted by atomic mass is 9.89. The normalized spacial score (nSPS) is 17.5. The molecule has 0 fully saturated rings. The fourth-order valence-corrected chi connectivity index (χ4v) is 3.01. The van der Waals surface area contributed by atoms with Crippen molar-refractivity contribution in [3.8, 4) is 5.75 Å². The number of fused-ring (bicyclic) bond motifs is 1. The van der Waals surface area contributed by atoms with Crippen LogP contribution in [0.2, 0.25) is 0 Å². The third kappa shape index (κ3) is 3.99. The van der Waals surface area contributed by atoms with Gasteiger partial charge in [-0.05, 0) is 37.7 Å². The van der Waals surface area contributed by atoms with Crippen LogP contribution in [0.4, 0.5) is 0 Å². The molecule has 3 heteroatoms. The van der Waals surface area contributed by atoms with Crippen molar-refractivity contribution in [3.05, 3.63) is 29.3 Å². The molecule has 0 heterocycles. The number of oxime groups is 1. The Morgan fingerprint density at radius 3 is 2.86 bits per heavy atom. The molecule has 1 aromatic carbocycles. The maximum absolute atomic E-state index is 9.13.